The molecule has 0 bridgehead atoms. The molecule has 0 aliphatic heterocycles. The van der Waals surface area contributed by atoms with Crippen molar-refractivity contribution < 1.29 is 5.11 Å². The van der Waals surface area contributed by atoms with Gasteiger partial charge in [-0.25, -0.2) is 0 Å². The Kier molecular flexibility index (Phi) is 2.93. The highest BCUT2D eigenvalue weighted by atomic mass is 16.3. The lowest BCUT2D eigenvalue weighted by molar-refractivity contribution is 0.466. The van der Waals surface area contributed by atoms with E-state index in [2.05, 4.69) is 26.0 Å². The van der Waals surface area contributed by atoms with Crippen molar-refractivity contribution in [2.24, 2.45) is 0 Å². The van der Waals surface area contributed by atoms with Crippen molar-refractivity contribution in [1.82, 2.24) is 0 Å². The number of hydrogen-bond acceptors (Lipinski definition) is 1. The molecule has 0 atom stereocenters. The van der Waals surface area contributed by atoms with Crippen molar-refractivity contribution in [3.63, 3.8) is 0 Å². The first kappa shape index (κ1) is 11.7. The van der Waals surface area contributed by atoms with Gasteiger partial charge in [0, 0.05) is 0 Å². The molecule has 0 radical (unpaired) electrons. The minimum absolute atomic E-state index is 0.430. The summed E-state index contributed by atoms with van der Waals surface area (Å²) in [7, 11) is 0. The zero-order valence-corrected chi connectivity index (χ0v) is 10.8. The number of phenols is 1. The molecule has 2 aromatic carbocycles. The van der Waals surface area contributed by atoms with Crippen LogP contribution in [-0.2, 0) is 0 Å². The first-order valence-corrected chi connectivity index (χ1v) is 5.88. The zero-order valence-electron chi connectivity index (χ0n) is 10.8. The monoisotopic (exact) mass is 226 g/mol. The highest BCUT2D eigenvalue weighted by Crippen LogP contribution is 2.37. The van der Waals surface area contributed by atoms with Crippen LogP contribution in [0, 0.1) is 27.7 Å². The minimum atomic E-state index is 0.430. The number of rotatable bonds is 1. The van der Waals surface area contributed by atoms with E-state index in [1.807, 2.05) is 32.0 Å². The van der Waals surface area contributed by atoms with E-state index in [-0.39, 0.29) is 0 Å². The topological polar surface area (TPSA) is 20.2 Å². The van der Waals surface area contributed by atoms with E-state index in [4.69, 9.17) is 0 Å². The molecule has 0 aliphatic carbocycles. The van der Waals surface area contributed by atoms with Crippen LogP contribution < -0.4 is 0 Å². The van der Waals surface area contributed by atoms with Gasteiger partial charge in [-0.05, 0) is 61.1 Å². The fourth-order valence-corrected chi connectivity index (χ4v) is 2.33. The summed E-state index contributed by atoms with van der Waals surface area (Å²) in [6.45, 7) is 8.10. The van der Waals surface area contributed by atoms with Gasteiger partial charge in [0.15, 0.2) is 0 Å². The van der Waals surface area contributed by atoms with E-state index in [9.17, 15) is 5.11 Å². The van der Waals surface area contributed by atoms with Gasteiger partial charge in [0.1, 0.15) is 5.75 Å². The molecular weight excluding hydrogens is 208 g/mol. The molecule has 0 unspecified atom stereocenters. The standard InChI is InChI=1S/C16H18O/c1-10-12(3)16(17)13(4)11(2)15(10)14-8-6-5-7-9-14/h5-9,17H,1-4H3. The van der Waals surface area contributed by atoms with Crippen molar-refractivity contribution in [3.8, 4) is 16.9 Å². The number of aromatic hydroxyl groups is 1. The summed E-state index contributed by atoms with van der Waals surface area (Å²) >= 11 is 0. The smallest absolute Gasteiger partial charge is 0.121 e. The molecule has 0 spiro atoms. The van der Waals surface area contributed by atoms with E-state index in [1.54, 1.807) is 0 Å². The third-order valence-electron chi connectivity index (χ3n) is 3.65. The minimum Gasteiger partial charge on any atom is -0.507 e. The maximum atomic E-state index is 10.0. The van der Waals surface area contributed by atoms with Gasteiger partial charge in [-0.15, -0.1) is 0 Å². The lowest BCUT2D eigenvalue weighted by Crippen LogP contribution is -1.96. The molecular formula is C16H18O. The fraction of sp³-hybridized carbons (Fsp3) is 0.250. The first-order valence-electron chi connectivity index (χ1n) is 5.88. The Hall–Kier alpha value is -1.76. The Labute approximate surface area is 103 Å². The van der Waals surface area contributed by atoms with Gasteiger partial charge < -0.3 is 5.11 Å². The van der Waals surface area contributed by atoms with Crippen LogP contribution in [0.25, 0.3) is 11.1 Å². The van der Waals surface area contributed by atoms with Crippen LogP contribution in [0.15, 0.2) is 30.3 Å². The highest BCUT2D eigenvalue weighted by molar-refractivity contribution is 5.75. The molecule has 2 rings (SSSR count). The predicted molar refractivity (Wildman–Crippen MR) is 72.5 cm³/mol. The maximum absolute atomic E-state index is 10.0. The van der Waals surface area contributed by atoms with Gasteiger partial charge in [0.2, 0.25) is 0 Å². The molecule has 0 saturated heterocycles. The van der Waals surface area contributed by atoms with Crippen LogP contribution in [0.3, 0.4) is 0 Å². The number of hydrogen-bond donors (Lipinski definition) is 1. The summed E-state index contributed by atoms with van der Waals surface area (Å²) in [5.74, 6) is 0.430. The van der Waals surface area contributed by atoms with Crippen molar-refractivity contribution in [3.05, 3.63) is 52.6 Å². The van der Waals surface area contributed by atoms with Crippen molar-refractivity contribution in [1.29, 1.82) is 0 Å². The summed E-state index contributed by atoms with van der Waals surface area (Å²) < 4.78 is 0. The summed E-state index contributed by atoms with van der Waals surface area (Å²) in [5.41, 5.74) is 6.75. The molecule has 0 aliphatic rings. The van der Waals surface area contributed by atoms with Gasteiger partial charge in [-0.1, -0.05) is 30.3 Å². The van der Waals surface area contributed by atoms with Gasteiger partial charge >= 0.3 is 0 Å². The molecule has 1 heteroatoms. The third-order valence-corrected chi connectivity index (χ3v) is 3.65. The first-order chi connectivity index (χ1) is 8.04. The van der Waals surface area contributed by atoms with Gasteiger partial charge in [-0.3, -0.25) is 0 Å². The molecule has 1 N–H and O–H groups in total. The third kappa shape index (κ3) is 1.82. The molecule has 0 saturated carbocycles. The quantitative estimate of drug-likeness (QED) is 0.769. The largest absolute Gasteiger partial charge is 0.507 e. The Morgan fingerprint density at radius 2 is 1.18 bits per heavy atom. The van der Waals surface area contributed by atoms with Crippen LogP contribution in [0.2, 0.25) is 0 Å². The molecule has 1 nitrogen and oxygen atoms in total. The van der Waals surface area contributed by atoms with Gasteiger partial charge in [0.05, 0.1) is 0 Å². The second-order valence-corrected chi connectivity index (χ2v) is 4.59. The van der Waals surface area contributed by atoms with Crippen LogP contribution in [0.1, 0.15) is 22.3 Å². The maximum Gasteiger partial charge on any atom is 0.121 e. The number of phenolic OH excluding ortho intramolecular Hbond substituents is 1. The van der Waals surface area contributed by atoms with Crippen LogP contribution >= 0.6 is 0 Å². The lowest BCUT2D eigenvalue weighted by atomic mass is 9.89. The lowest BCUT2D eigenvalue weighted by Gasteiger charge is -2.17. The van der Waals surface area contributed by atoms with E-state index in [0.29, 0.717) is 5.75 Å². The summed E-state index contributed by atoms with van der Waals surface area (Å²) in [5, 5.41) is 10.0. The van der Waals surface area contributed by atoms with Gasteiger partial charge in [0.25, 0.3) is 0 Å². The molecule has 88 valence electrons. The molecule has 0 aromatic heterocycles. The van der Waals surface area contributed by atoms with E-state index in [0.717, 1.165) is 22.3 Å². The summed E-state index contributed by atoms with van der Waals surface area (Å²) in [6, 6.07) is 10.3. The van der Waals surface area contributed by atoms with E-state index in [1.165, 1.54) is 11.1 Å². The van der Waals surface area contributed by atoms with Crippen LogP contribution in [0.4, 0.5) is 0 Å². The fourth-order valence-electron chi connectivity index (χ4n) is 2.33. The second kappa shape index (κ2) is 4.25. The Balaban J connectivity index is 2.80. The molecule has 0 amide bonds. The highest BCUT2D eigenvalue weighted by Gasteiger charge is 2.14. The normalized spacial score (nSPS) is 10.6. The summed E-state index contributed by atoms with van der Waals surface area (Å²) in [6.07, 6.45) is 0. The molecule has 0 heterocycles. The van der Waals surface area contributed by atoms with Crippen molar-refractivity contribution in [2.45, 2.75) is 27.7 Å². The molecule has 2 aromatic rings. The average molecular weight is 226 g/mol. The Morgan fingerprint density at radius 3 is 1.65 bits per heavy atom. The summed E-state index contributed by atoms with van der Waals surface area (Å²) in [4.78, 5) is 0. The zero-order chi connectivity index (χ0) is 12.6. The van der Waals surface area contributed by atoms with Crippen LogP contribution in [-0.4, -0.2) is 5.11 Å². The van der Waals surface area contributed by atoms with Crippen molar-refractivity contribution >= 4 is 0 Å². The second-order valence-electron chi connectivity index (χ2n) is 4.59. The number of benzene rings is 2. The molecule has 0 fully saturated rings. The molecule has 17 heavy (non-hydrogen) atoms. The van der Waals surface area contributed by atoms with E-state index >= 15 is 0 Å². The Morgan fingerprint density at radius 1 is 0.706 bits per heavy atom. The van der Waals surface area contributed by atoms with Crippen molar-refractivity contribution in [2.75, 3.05) is 0 Å². The van der Waals surface area contributed by atoms with E-state index < -0.39 is 0 Å². The van der Waals surface area contributed by atoms with Crippen LogP contribution in [0.5, 0.6) is 5.75 Å². The SMILES string of the molecule is Cc1c(C)c(-c2ccccc2)c(C)c(C)c1O. The van der Waals surface area contributed by atoms with Gasteiger partial charge in [-0.2, -0.15) is 0 Å². The predicted octanol–water partition coefficient (Wildman–Crippen LogP) is 4.29. The Bertz CT molecular complexity index is 524. The average Bonchev–Trinajstić information content (AvgIpc) is 2.36.